The third-order valence-electron chi connectivity index (χ3n) is 0.911. The summed E-state index contributed by atoms with van der Waals surface area (Å²) in [6, 6.07) is -1.10. The highest BCUT2D eigenvalue weighted by Crippen LogP contribution is 2.13. The highest BCUT2D eigenvalue weighted by Gasteiger charge is 2.25. The number of rotatable bonds is 1. The lowest BCUT2D eigenvalue weighted by atomic mass is 10.3. The molecule has 1 unspecified atom stereocenters. The first kappa shape index (κ1) is 6.45. The van der Waals surface area contributed by atoms with Crippen molar-refractivity contribution in [3.8, 4) is 0 Å². The first-order valence-electron chi connectivity index (χ1n) is 2.43. The van der Waals surface area contributed by atoms with Crippen molar-refractivity contribution in [2.45, 2.75) is 12.5 Å². The van der Waals surface area contributed by atoms with Crippen LogP contribution in [0, 0.1) is 6.54 Å². The Morgan fingerprint density at radius 2 is 2.33 bits per heavy atom. The van der Waals surface area contributed by atoms with Gasteiger partial charge in [-0.05, 0) is 0 Å². The largest absolute Gasteiger partial charge is 0.344 e. The molecule has 0 fully saturated rings. The van der Waals surface area contributed by atoms with Crippen molar-refractivity contribution >= 4 is 6.34 Å². The van der Waals surface area contributed by atoms with E-state index in [-0.39, 0.29) is 0 Å². The fourth-order valence-corrected chi connectivity index (χ4v) is 0.518. The second-order valence-corrected chi connectivity index (χ2v) is 1.70. The first-order valence-corrected chi connectivity index (χ1v) is 2.43. The van der Waals surface area contributed by atoms with Gasteiger partial charge >= 0.3 is 0 Å². The fraction of sp³-hybridized carbons (Fsp3) is 0.600. The zero-order chi connectivity index (χ0) is 6.85. The van der Waals surface area contributed by atoms with Crippen LogP contribution >= 0.6 is 0 Å². The Balaban J connectivity index is 2.41. The third-order valence-corrected chi connectivity index (χ3v) is 0.911. The SMILES string of the molecule is CN1[C]C(C(F)F)N=[C]1. The predicted octanol–water partition coefficient (Wildman–Crippen LogP) is 0.510. The van der Waals surface area contributed by atoms with Crippen molar-refractivity contribution < 1.29 is 8.78 Å². The van der Waals surface area contributed by atoms with Crippen LogP contribution in [-0.2, 0) is 0 Å². The Hall–Kier alpha value is -0.670. The van der Waals surface area contributed by atoms with Gasteiger partial charge < -0.3 is 4.90 Å². The standard InChI is InChI=1S/C5H5F2N2/c1-9-2-4(5(6)7)8-3-9/h4-5H,1H3. The van der Waals surface area contributed by atoms with Crippen LogP contribution in [0.5, 0.6) is 0 Å². The van der Waals surface area contributed by atoms with Crippen LogP contribution in [0.1, 0.15) is 0 Å². The van der Waals surface area contributed by atoms with E-state index in [1.807, 2.05) is 0 Å². The summed E-state index contributed by atoms with van der Waals surface area (Å²) in [6.07, 6.45) is -0.138. The number of nitrogens with zero attached hydrogens (tertiary/aromatic N) is 2. The molecule has 2 nitrogen and oxygen atoms in total. The van der Waals surface area contributed by atoms with E-state index in [0.717, 1.165) is 0 Å². The van der Waals surface area contributed by atoms with Gasteiger partial charge in [0, 0.05) is 7.05 Å². The Bertz CT molecular complexity index is 124. The zero-order valence-corrected chi connectivity index (χ0v) is 4.81. The lowest BCUT2D eigenvalue weighted by molar-refractivity contribution is 0.126. The molecule has 1 atom stereocenters. The highest BCUT2D eigenvalue weighted by molar-refractivity contribution is 5.59. The van der Waals surface area contributed by atoms with E-state index in [1.54, 1.807) is 7.05 Å². The van der Waals surface area contributed by atoms with Crippen molar-refractivity contribution in [2.24, 2.45) is 4.99 Å². The van der Waals surface area contributed by atoms with Crippen molar-refractivity contribution in [3.63, 3.8) is 0 Å². The summed E-state index contributed by atoms with van der Waals surface area (Å²) in [7, 11) is 1.56. The van der Waals surface area contributed by atoms with Crippen LogP contribution in [0.25, 0.3) is 0 Å². The van der Waals surface area contributed by atoms with Crippen LogP contribution in [-0.4, -0.2) is 30.8 Å². The average Bonchev–Trinajstić information content (AvgIpc) is 2.14. The Morgan fingerprint density at radius 3 is 2.56 bits per heavy atom. The van der Waals surface area contributed by atoms with Crippen LogP contribution in [0.4, 0.5) is 8.78 Å². The highest BCUT2D eigenvalue weighted by atomic mass is 19.3. The molecular formula is C5H5F2N2. The molecule has 1 heterocycles. The van der Waals surface area contributed by atoms with E-state index in [9.17, 15) is 8.78 Å². The molecule has 0 saturated carbocycles. The van der Waals surface area contributed by atoms with Gasteiger partial charge in [-0.25, -0.2) is 8.78 Å². The minimum Gasteiger partial charge on any atom is -0.344 e. The minimum atomic E-state index is -2.46. The van der Waals surface area contributed by atoms with Crippen molar-refractivity contribution in [3.05, 3.63) is 6.54 Å². The van der Waals surface area contributed by atoms with Crippen molar-refractivity contribution in [2.75, 3.05) is 7.05 Å². The third kappa shape index (κ3) is 1.37. The number of alkyl halides is 2. The Kier molecular flexibility index (Phi) is 1.64. The summed E-state index contributed by atoms with van der Waals surface area (Å²) >= 11 is 0. The summed E-state index contributed by atoms with van der Waals surface area (Å²) in [5.74, 6) is 0. The quantitative estimate of drug-likeness (QED) is 0.506. The predicted molar refractivity (Wildman–Crippen MR) is 28.2 cm³/mol. The molecule has 1 aliphatic heterocycles. The maximum absolute atomic E-state index is 11.7. The van der Waals surface area contributed by atoms with E-state index in [2.05, 4.69) is 17.9 Å². The summed E-state index contributed by atoms with van der Waals surface area (Å²) in [6.45, 7) is 2.36. The molecule has 49 valence electrons. The van der Waals surface area contributed by atoms with Gasteiger partial charge in [0.15, 0.2) is 6.34 Å². The lowest BCUT2D eigenvalue weighted by Gasteiger charge is -2.05. The van der Waals surface area contributed by atoms with E-state index in [1.165, 1.54) is 4.90 Å². The van der Waals surface area contributed by atoms with Gasteiger partial charge in [-0.15, -0.1) is 0 Å². The van der Waals surface area contributed by atoms with Crippen LogP contribution in [0.3, 0.4) is 0 Å². The van der Waals surface area contributed by atoms with E-state index >= 15 is 0 Å². The van der Waals surface area contributed by atoms with Crippen LogP contribution in [0.15, 0.2) is 4.99 Å². The van der Waals surface area contributed by atoms with Gasteiger partial charge in [-0.1, -0.05) is 0 Å². The summed E-state index contributed by atoms with van der Waals surface area (Å²) in [4.78, 5) is 4.61. The molecule has 4 heteroatoms. The van der Waals surface area contributed by atoms with E-state index in [4.69, 9.17) is 0 Å². The maximum atomic E-state index is 11.7. The molecule has 0 bridgehead atoms. The second-order valence-electron chi connectivity index (χ2n) is 1.70. The lowest BCUT2D eigenvalue weighted by Crippen LogP contribution is -2.18. The van der Waals surface area contributed by atoms with E-state index in [0.29, 0.717) is 0 Å². The van der Waals surface area contributed by atoms with Crippen molar-refractivity contribution in [1.82, 2.24) is 4.90 Å². The molecular weight excluding hydrogens is 126 g/mol. The molecule has 9 heavy (non-hydrogen) atoms. The van der Waals surface area contributed by atoms with E-state index < -0.39 is 12.5 Å². The number of likely N-dealkylation sites (N-methyl/N-ethyl adjacent to an activating group) is 1. The summed E-state index contributed by atoms with van der Waals surface area (Å²) < 4.78 is 23.4. The average molecular weight is 131 g/mol. The molecule has 0 aromatic rings. The van der Waals surface area contributed by atoms with Gasteiger partial charge in [0.25, 0.3) is 6.43 Å². The smallest absolute Gasteiger partial charge is 0.263 e. The van der Waals surface area contributed by atoms with Crippen LogP contribution in [0.2, 0.25) is 0 Å². The molecule has 3 radical (unpaired) electrons. The Labute approximate surface area is 52.2 Å². The molecule has 0 N–H and O–H groups in total. The molecule has 1 aliphatic rings. The molecule has 0 spiro atoms. The maximum Gasteiger partial charge on any atom is 0.263 e. The van der Waals surface area contributed by atoms with Gasteiger partial charge in [0.1, 0.15) is 12.6 Å². The Morgan fingerprint density at radius 1 is 1.67 bits per heavy atom. The zero-order valence-electron chi connectivity index (χ0n) is 4.81. The van der Waals surface area contributed by atoms with Gasteiger partial charge in [-0.2, -0.15) is 0 Å². The topological polar surface area (TPSA) is 15.6 Å². The van der Waals surface area contributed by atoms with Gasteiger partial charge in [0.05, 0.1) is 0 Å². The number of aliphatic imine (C=N–C) groups is 1. The fourth-order valence-electron chi connectivity index (χ4n) is 0.518. The van der Waals surface area contributed by atoms with Crippen LogP contribution < -0.4 is 0 Å². The first-order chi connectivity index (χ1) is 4.20. The second kappa shape index (κ2) is 2.29. The number of hydrogen-bond acceptors (Lipinski definition) is 2. The number of hydrogen-bond donors (Lipinski definition) is 0. The van der Waals surface area contributed by atoms with Gasteiger partial charge in [-0.3, -0.25) is 4.99 Å². The summed E-state index contributed by atoms with van der Waals surface area (Å²) in [5, 5.41) is 0. The molecule has 0 amide bonds. The monoisotopic (exact) mass is 131 g/mol. The minimum absolute atomic E-state index is 1.10. The van der Waals surface area contributed by atoms with Crippen molar-refractivity contribution in [1.29, 1.82) is 0 Å². The molecule has 0 aromatic heterocycles. The normalized spacial score (nSPS) is 26.2. The molecule has 0 saturated heterocycles. The molecule has 1 rings (SSSR count). The number of halogens is 2. The van der Waals surface area contributed by atoms with Gasteiger partial charge in [0.2, 0.25) is 0 Å². The summed E-state index contributed by atoms with van der Waals surface area (Å²) in [5.41, 5.74) is 0. The molecule has 0 aliphatic carbocycles. The molecule has 0 aromatic carbocycles.